The van der Waals surface area contributed by atoms with Crippen molar-refractivity contribution >= 4 is 29.0 Å². The zero-order valence-corrected chi connectivity index (χ0v) is 23.2. The number of benzene rings is 1. The van der Waals surface area contributed by atoms with Crippen LogP contribution in [-0.4, -0.2) is 83.5 Å². The molecule has 0 aliphatic heterocycles. The van der Waals surface area contributed by atoms with E-state index in [4.69, 9.17) is 10.5 Å². The van der Waals surface area contributed by atoms with Gasteiger partial charge in [-0.2, -0.15) is 0 Å². The van der Waals surface area contributed by atoms with Crippen LogP contribution in [0.5, 0.6) is 11.5 Å². The van der Waals surface area contributed by atoms with Gasteiger partial charge in [0.15, 0.2) is 34.7 Å². The number of phenolic OH excluding ortho intramolecular Hbond substituents is 1. The summed E-state index contributed by atoms with van der Waals surface area (Å²) in [5, 5.41) is 25.9. The average Bonchev–Trinajstić information content (AvgIpc) is 2.80. The number of likely N-dealkylation sites (N-methyl/N-ethyl adjacent to an activating group) is 1. The fourth-order valence-electron chi connectivity index (χ4n) is 6.67. The monoisotopic (exact) mass is 543 g/mol. The second kappa shape index (κ2) is 9.79. The highest BCUT2D eigenvalue weighted by atomic mass is 16.5. The largest absolute Gasteiger partial charge is 0.507 e. The van der Waals surface area contributed by atoms with Crippen molar-refractivity contribution in [3.63, 3.8) is 0 Å². The van der Waals surface area contributed by atoms with Crippen LogP contribution in [0.4, 0.5) is 0 Å². The van der Waals surface area contributed by atoms with Crippen molar-refractivity contribution in [3.8, 4) is 11.5 Å². The van der Waals surface area contributed by atoms with Crippen molar-refractivity contribution in [1.82, 2.24) is 10.2 Å². The Morgan fingerprint density at radius 3 is 2.38 bits per heavy atom. The highest BCUT2D eigenvalue weighted by Gasteiger charge is 2.69. The van der Waals surface area contributed by atoms with Gasteiger partial charge in [0.25, 0.3) is 0 Å². The first-order chi connectivity index (χ1) is 18.1. The maximum atomic E-state index is 13.9. The molecule has 39 heavy (non-hydrogen) atoms. The lowest BCUT2D eigenvalue weighted by Crippen LogP contribution is -2.74. The number of carbonyl (C=O) groups excluding carboxylic acids is 5. The fraction of sp³-hybridized carbons (Fsp3) is 0.607. The Bertz CT molecular complexity index is 1270. The second-order valence-corrected chi connectivity index (χ2v) is 12.4. The number of nitrogens with one attached hydrogen (secondary N) is 1. The van der Waals surface area contributed by atoms with E-state index in [1.54, 1.807) is 14.1 Å². The van der Waals surface area contributed by atoms with Gasteiger partial charge in [-0.25, -0.2) is 0 Å². The molecule has 1 amide bonds. The van der Waals surface area contributed by atoms with Crippen LogP contribution in [0.25, 0.3) is 0 Å². The van der Waals surface area contributed by atoms with E-state index in [1.165, 1.54) is 18.1 Å². The number of ketones is 4. The highest BCUT2D eigenvalue weighted by molar-refractivity contribution is 6.32. The Kier molecular flexibility index (Phi) is 7.25. The van der Waals surface area contributed by atoms with Crippen LogP contribution in [0, 0.1) is 29.1 Å². The van der Waals surface area contributed by atoms with Crippen LogP contribution < -0.4 is 15.8 Å². The number of hydrogen-bond acceptors (Lipinski definition) is 10. The van der Waals surface area contributed by atoms with Crippen LogP contribution in [0.3, 0.4) is 0 Å². The number of carbonyl (C=O) groups is 5. The van der Waals surface area contributed by atoms with E-state index in [1.807, 2.05) is 0 Å². The van der Waals surface area contributed by atoms with E-state index in [-0.39, 0.29) is 29.6 Å². The van der Waals surface area contributed by atoms with Crippen LogP contribution in [0.15, 0.2) is 6.07 Å². The van der Waals surface area contributed by atoms with Crippen molar-refractivity contribution in [1.29, 1.82) is 0 Å². The summed E-state index contributed by atoms with van der Waals surface area (Å²) in [5.74, 6) is -10.3. The van der Waals surface area contributed by atoms with Gasteiger partial charge in [0.1, 0.15) is 11.5 Å². The molecule has 11 nitrogen and oxygen atoms in total. The number of Topliss-reactive ketones (excluding diaryl/α,β-unsaturated/α-hetero) is 4. The lowest BCUT2D eigenvalue weighted by atomic mass is 9.52. The quantitative estimate of drug-likeness (QED) is 0.358. The van der Waals surface area contributed by atoms with E-state index in [2.05, 4.69) is 26.1 Å². The molecule has 5 N–H and O–H groups in total. The van der Waals surface area contributed by atoms with Crippen LogP contribution in [-0.2, 0) is 32.1 Å². The molecule has 2 saturated carbocycles. The molecular formula is C28H37N3O8. The number of rotatable bonds is 6. The zero-order valence-electron chi connectivity index (χ0n) is 23.2. The zero-order chi connectivity index (χ0) is 29.2. The first kappa shape index (κ1) is 28.8. The number of aliphatic hydroxyl groups is 1. The van der Waals surface area contributed by atoms with E-state index >= 15 is 0 Å². The van der Waals surface area contributed by atoms with Gasteiger partial charge in [-0.1, -0.05) is 20.8 Å². The van der Waals surface area contributed by atoms with Crippen LogP contribution in [0.2, 0.25) is 0 Å². The van der Waals surface area contributed by atoms with Gasteiger partial charge in [0.05, 0.1) is 24.6 Å². The molecule has 6 atom stereocenters. The predicted molar refractivity (Wildman–Crippen MR) is 139 cm³/mol. The molecule has 0 radical (unpaired) electrons. The minimum atomic E-state index is -2.74. The smallest absolute Gasteiger partial charge is 0.235 e. The SMILES string of the molecule is COc1c(CNCC(C)(C)C)cc(O)c2c1C[C@H]1C[C@H]3[C@H](N(C)C)C(=O)C(C(N)=O)C(=O)[C@@]3(O)C(=O)C1C2=O. The molecule has 2 unspecified atom stereocenters. The third-order valence-electron chi connectivity index (χ3n) is 8.26. The third kappa shape index (κ3) is 4.46. The molecular weight excluding hydrogens is 506 g/mol. The average molecular weight is 544 g/mol. The minimum Gasteiger partial charge on any atom is -0.507 e. The molecule has 4 rings (SSSR count). The Morgan fingerprint density at radius 1 is 1.21 bits per heavy atom. The first-order valence-corrected chi connectivity index (χ1v) is 13.0. The van der Waals surface area contributed by atoms with Gasteiger partial charge in [0, 0.05) is 30.1 Å². The number of fused-ring (bicyclic) bond motifs is 3. The van der Waals surface area contributed by atoms with Gasteiger partial charge in [-0.15, -0.1) is 0 Å². The highest BCUT2D eigenvalue weighted by Crippen LogP contribution is 2.52. The number of hydrogen-bond donors (Lipinski definition) is 4. The molecule has 1 aromatic rings. The summed E-state index contributed by atoms with van der Waals surface area (Å²) >= 11 is 0. The Balaban J connectivity index is 1.80. The maximum Gasteiger partial charge on any atom is 0.235 e. The second-order valence-electron chi connectivity index (χ2n) is 12.4. The number of primary amides is 1. The summed E-state index contributed by atoms with van der Waals surface area (Å²) in [7, 11) is 4.56. The van der Waals surface area contributed by atoms with Crippen molar-refractivity contribution in [2.45, 2.75) is 51.8 Å². The number of nitrogens with zero attached hydrogens (tertiary/aromatic N) is 1. The van der Waals surface area contributed by atoms with Crippen LogP contribution in [0.1, 0.15) is 48.7 Å². The number of aromatic hydroxyl groups is 1. The number of amides is 1. The normalized spacial score (nSPS) is 30.6. The van der Waals surface area contributed by atoms with E-state index < -0.39 is 64.4 Å². The van der Waals surface area contributed by atoms with Gasteiger partial charge < -0.3 is 26.0 Å². The predicted octanol–water partition coefficient (Wildman–Crippen LogP) is 0.0113. The molecule has 3 aliphatic rings. The molecule has 2 fully saturated rings. The molecule has 0 aromatic heterocycles. The first-order valence-electron chi connectivity index (χ1n) is 13.0. The number of nitrogens with two attached hydrogens (primary N) is 1. The van der Waals surface area contributed by atoms with Crippen molar-refractivity contribution in [2.24, 2.45) is 34.8 Å². The molecule has 0 spiro atoms. The van der Waals surface area contributed by atoms with Crippen molar-refractivity contribution in [3.05, 3.63) is 22.8 Å². The fourth-order valence-corrected chi connectivity index (χ4v) is 6.67. The van der Waals surface area contributed by atoms with E-state index in [0.717, 1.165) is 0 Å². The van der Waals surface area contributed by atoms with Gasteiger partial charge in [-0.3, -0.25) is 28.9 Å². The Morgan fingerprint density at radius 2 is 1.85 bits per heavy atom. The number of phenols is 1. The number of ether oxygens (including phenoxy) is 1. The molecule has 1 aromatic carbocycles. The summed E-state index contributed by atoms with van der Waals surface area (Å²) in [4.78, 5) is 67.7. The molecule has 0 saturated heterocycles. The molecule has 0 heterocycles. The molecule has 0 bridgehead atoms. The lowest BCUT2D eigenvalue weighted by Gasteiger charge is -2.52. The topological polar surface area (TPSA) is 176 Å². The minimum absolute atomic E-state index is 0.0112. The standard InChI is InChI=1S/C28H37N3O8/c1-27(2,3)11-30-10-13-9-16(32)18-14(23(13)39-6)7-12-8-15-20(31(4)5)22(34)19(26(29)37)25(36)28(15,38)24(35)17(12)21(18)33/h9,12,15,17,19-20,30,32,38H,7-8,10-11H2,1-6H3,(H2,29,37)/t12-,15-,17?,19?,20-,28-/m0/s1. The summed E-state index contributed by atoms with van der Waals surface area (Å²) in [6.07, 6.45) is 0.135. The summed E-state index contributed by atoms with van der Waals surface area (Å²) in [6, 6.07) is 0.279. The molecule has 212 valence electrons. The third-order valence-corrected chi connectivity index (χ3v) is 8.26. The molecule has 11 heteroatoms. The molecule has 3 aliphatic carbocycles. The summed E-state index contributed by atoms with van der Waals surface area (Å²) in [6.45, 7) is 7.29. The van der Waals surface area contributed by atoms with Crippen molar-refractivity contribution in [2.75, 3.05) is 27.7 Å². The van der Waals surface area contributed by atoms with Gasteiger partial charge in [-0.05, 0) is 44.3 Å². The van der Waals surface area contributed by atoms with E-state index in [0.29, 0.717) is 30.0 Å². The maximum absolute atomic E-state index is 13.9. The number of methoxy groups -OCH3 is 1. The summed E-state index contributed by atoms with van der Waals surface area (Å²) in [5.41, 5.74) is 3.61. The Labute approximate surface area is 227 Å². The lowest BCUT2D eigenvalue weighted by molar-refractivity contribution is -0.181. The van der Waals surface area contributed by atoms with Crippen LogP contribution >= 0.6 is 0 Å². The van der Waals surface area contributed by atoms with E-state index in [9.17, 15) is 34.2 Å². The summed E-state index contributed by atoms with van der Waals surface area (Å²) < 4.78 is 5.69. The van der Waals surface area contributed by atoms with Gasteiger partial charge >= 0.3 is 0 Å². The Hall–Kier alpha value is -3.15. The van der Waals surface area contributed by atoms with Crippen molar-refractivity contribution < 1.29 is 38.9 Å². The van der Waals surface area contributed by atoms with Gasteiger partial charge in [0.2, 0.25) is 5.91 Å².